The SMILES string of the molecule is CCOc1cccc(NCC2(C3CC3)CC2)n1. The van der Waals surface area contributed by atoms with E-state index < -0.39 is 0 Å². The smallest absolute Gasteiger partial charge is 0.215 e. The van der Waals surface area contributed by atoms with Crippen LogP contribution in [0.25, 0.3) is 0 Å². The van der Waals surface area contributed by atoms with E-state index in [4.69, 9.17) is 4.74 Å². The number of hydrogen-bond donors (Lipinski definition) is 1. The van der Waals surface area contributed by atoms with Crippen molar-refractivity contribution in [3.05, 3.63) is 18.2 Å². The molecule has 3 nitrogen and oxygen atoms in total. The van der Waals surface area contributed by atoms with Gasteiger partial charge in [-0.25, -0.2) is 0 Å². The minimum absolute atomic E-state index is 0.614. The molecular formula is C14H20N2O. The van der Waals surface area contributed by atoms with Gasteiger partial charge in [0.2, 0.25) is 5.88 Å². The van der Waals surface area contributed by atoms with E-state index in [-0.39, 0.29) is 0 Å². The van der Waals surface area contributed by atoms with Crippen molar-refractivity contribution in [2.24, 2.45) is 11.3 Å². The van der Waals surface area contributed by atoms with Gasteiger partial charge in [-0.3, -0.25) is 0 Å². The highest BCUT2D eigenvalue weighted by atomic mass is 16.5. The van der Waals surface area contributed by atoms with Crippen molar-refractivity contribution in [1.29, 1.82) is 0 Å². The van der Waals surface area contributed by atoms with Gasteiger partial charge >= 0.3 is 0 Å². The molecule has 0 aliphatic heterocycles. The average molecular weight is 232 g/mol. The molecule has 0 radical (unpaired) electrons. The topological polar surface area (TPSA) is 34.1 Å². The zero-order chi connectivity index (χ0) is 11.7. The summed E-state index contributed by atoms with van der Waals surface area (Å²) in [5, 5.41) is 3.48. The van der Waals surface area contributed by atoms with Gasteiger partial charge < -0.3 is 10.1 Å². The number of nitrogens with zero attached hydrogens (tertiary/aromatic N) is 1. The van der Waals surface area contributed by atoms with Crippen molar-refractivity contribution in [3.8, 4) is 5.88 Å². The summed E-state index contributed by atoms with van der Waals surface area (Å²) < 4.78 is 5.40. The first-order valence-corrected chi connectivity index (χ1v) is 6.66. The largest absolute Gasteiger partial charge is 0.478 e. The van der Waals surface area contributed by atoms with Gasteiger partial charge in [-0.15, -0.1) is 0 Å². The number of anilines is 1. The molecule has 0 saturated heterocycles. The molecule has 2 aliphatic rings. The molecule has 1 aromatic heterocycles. The fourth-order valence-electron chi connectivity index (χ4n) is 2.59. The van der Waals surface area contributed by atoms with Crippen molar-refractivity contribution in [2.75, 3.05) is 18.5 Å². The Balaban J connectivity index is 1.59. The van der Waals surface area contributed by atoms with Crippen molar-refractivity contribution >= 4 is 5.82 Å². The van der Waals surface area contributed by atoms with Crippen molar-refractivity contribution in [3.63, 3.8) is 0 Å². The van der Waals surface area contributed by atoms with Crippen LogP contribution < -0.4 is 10.1 Å². The third-order valence-corrected chi connectivity index (χ3v) is 3.97. The summed E-state index contributed by atoms with van der Waals surface area (Å²) in [6, 6.07) is 5.92. The molecule has 1 aromatic rings. The third-order valence-electron chi connectivity index (χ3n) is 3.97. The highest BCUT2D eigenvalue weighted by Crippen LogP contribution is 2.61. The monoisotopic (exact) mass is 232 g/mol. The van der Waals surface area contributed by atoms with Crippen LogP contribution in [0.3, 0.4) is 0 Å². The second-order valence-corrected chi connectivity index (χ2v) is 5.28. The van der Waals surface area contributed by atoms with Crippen LogP contribution in [0.4, 0.5) is 5.82 Å². The van der Waals surface area contributed by atoms with Gasteiger partial charge in [0.15, 0.2) is 0 Å². The average Bonchev–Trinajstić information content (AvgIpc) is 3.19. The van der Waals surface area contributed by atoms with Gasteiger partial charge in [0.25, 0.3) is 0 Å². The molecule has 0 amide bonds. The van der Waals surface area contributed by atoms with Crippen LogP contribution in [-0.2, 0) is 0 Å². The molecule has 0 atom stereocenters. The van der Waals surface area contributed by atoms with Crippen LogP contribution in [0, 0.1) is 11.3 Å². The molecule has 1 N–H and O–H groups in total. The Morgan fingerprint density at radius 3 is 2.88 bits per heavy atom. The van der Waals surface area contributed by atoms with E-state index >= 15 is 0 Å². The standard InChI is InChI=1S/C14H20N2O/c1-2-17-13-5-3-4-12(16-13)15-10-14(8-9-14)11-6-7-11/h3-5,11H,2,6-10H2,1H3,(H,15,16). The molecule has 2 fully saturated rings. The minimum Gasteiger partial charge on any atom is -0.478 e. The number of hydrogen-bond acceptors (Lipinski definition) is 3. The quantitative estimate of drug-likeness (QED) is 0.818. The molecule has 0 unspecified atom stereocenters. The van der Waals surface area contributed by atoms with Crippen molar-refractivity contribution in [2.45, 2.75) is 32.6 Å². The maximum atomic E-state index is 5.40. The summed E-state index contributed by atoms with van der Waals surface area (Å²) in [7, 11) is 0. The fourth-order valence-corrected chi connectivity index (χ4v) is 2.59. The molecule has 2 aliphatic carbocycles. The first-order valence-electron chi connectivity index (χ1n) is 6.66. The Hall–Kier alpha value is -1.25. The number of pyridine rings is 1. The maximum absolute atomic E-state index is 5.40. The molecule has 3 heteroatoms. The van der Waals surface area contributed by atoms with E-state index in [1.54, 1.807) is 0 Å². The first-order chi connectivity index (χ1) is 8.32. The van der Waals surface area contributed by atoms with Gasteiger partial charge in [-0.05, 0) is 50.0 Å². The molecule has 17 heavy (non-hydrogen) atoms. The Morgan fingerprint density at radius 2 is 2.24 bits per heavy atom. The third kappa shape index (κ3) is 2.38. The van der Waals surface area contributed by atoms with E-state index in [9.17, 15) is 0 Å². The Kier molecular flexibility index (Phi) is 2.69. The van der Waals surface area contributed by atoms with Gasteiger partial charge in [-0.2, -0.15) is 4.98 Å². The van der Waals surface area contributed by atoms with Crippen LogP contribution in [-0.4, -0.2) is 18.1 Å². The van der Waals surface area contributed by atoms with E-state index in [0.29, 0.717) is 17.9 Å². The summed E-state index contributed by atoms with van der Waals surface area (Å²) in [4.78, 5) is 4.44. The predicted octanol–water partition coefficient (Wildman–Crippen LogP) is 3.08. The number of aromatic nitrogens is 1. The van der Waals surface area contributed by atoms with Crippen LogP contribution in [0.15, 0.2) is 18.2 Å². The zero-order valence-electron chi connectivity index (χ0n) is 10.4. The number of nitrogens with one attached hydrogen (secondary N) is 1. The summed E-state index contributed by atoms with van der Waals surface area (Å²) in [6.07, 6.45) is 5.67. The Labute approximate surface area is 103 Å². The van der Waals surface area contributed by atoms with Crippen molar-refractivity contribution < 1.29 is 4.74 Å². The maximum Gasteiger partial charge on any atom is 0.215 e. The van der Waals surface area contributed by atoms with Gasteiger partial charge in [-0.1, -0.05) is 6.07 Å². The fraction of sp³-hybridized carbons (Fsp3) is 0.643. The molecule has 0 spiro atoms. The van der Waals surface area contributed by atoms with Gasteiger partial charge in [0.05, 0.1) is 6.61 Å². The van der Waals surface area contributed by atoms with Crippen LogP contribution in [0.2, 0.25) is 0 Å². The van der Waals surface area contributed by atoms with Crippen LogP contribution in [0.1, 0.15) is 32.6 Å². The second-order valence-electron chi connectivity index (χ2n) is 5.28. The van der Waals surface area contributed by atoms with Crippen LogP contribution in [0.5, 0.6) is 5.88 Å². The lowest BCUT2D eigenvalue weighted by Crippen LogP contribution is -2.18. The lowest BCUT2D eigenvalue weighted by Gasteiger charge is -2.15. The molecule has 1 heterocycles. The molecule has 0 bridgehead atoms. The van der Waals surface area contributed by atoms with Crippen molar-refractivity contribution in [1.82, 2.24) is 4.98 Å². The summed E-state index contributed by atoms with van der Waals surface area (Å²) in [6.45, 7) is 3.73. The molecule has 0 aromatic carbocycles. The number of rotatable bonds is 6. The molecule has 2 saturated carbocycles. The van der Waals surface area contributed by atoms with E-state index in [1.165, 1.54) is 25.7 Å². The minimum atomic E-state index is 0.614. The summed E-state index contributed by atoms with van der Waals surface area (Å²) in [5.74, 6) is 2.65. The first kappa shape index (κ1) is 10.9. The Bertz CT molecular complexity index is 397. The highest BCUT2D eigenvalue weighted by Gasteiger charge is 2.53. The molecule has 3 rings (SSSR count). The number of ether oxygens (including phenoxy) is 1. The van der Waals surface area contributed by atoms with Gasteiger partial charge in [0, 0.05) is 12.6 Å². The Morgan fingerprint density at radius 1 is 1.41 bits per heavy atom. The van der Waals surface area contributed by atoms with E-state index in [0.717, 1.165) is 18.3 Å². The van der Waals surface area contributed by atoms with E-state index in [2.05, 4.69) is 10.3 Å². The van der Waals surface area contributed by atoms with Gasteiger partial charge in [0.1, 0.15) is 5.82 Å². The second kappa shape index (κ2) is 4.21. The summed E-state index contributed by atoms with van der Waals surface area (Å²) in [5.41, 5.74) is 0.614. The highest BCUT2D eigenvalue weighted by molar-refractivity contribution is 5.38. The summed E-state index contributed by atoms with van der Waals surface area (Å²) >= 11 is 0. The molecule has 92 valence electrons. The lowest BCUT2D eigenvalue weighted by molar-refractivity contribution is 0.327. The predicted molar refractivity (Wildman–Crippen MR) is 68.3 cm³/mol. The zero-order valence-corrected chi connectivity index (χ0v) is 10.4. The van der Waals surface area contributed by atoms with E-state index in [1.807, 2.05) is 25.1 Å². The molecular weight excluding hydrogens is 212 g/mol. The lowest BCUT2D eigenvalue weighted by atomic mass is 10.0. The normalized spacial score (nSPS) is 21.0. The van der Waals surface area contributed by atoms with Crippen LogP contribution >= 0.6 is 0 Å².